The molecule has 3 fully saturated rings. The lowest BCUT2D eigenvalue weighted by Crippen LogP contribution is -2.44. The summed E-state index contributed by atoms with van der Waals surface area (Å²) in [5, 5.41) is 0. The molecular weight excluding hydrogens is 302 g/mol. The van der Waals surface area contributed by atoms with Crippen LogP contribution in [0.25, 0.3) is 0 Å². The zero-order valence-corrected chi connectivity index (χ0v) is 14.3. The molecular formula is C19H27N3O2. The summed E-state index contributed by atoms with van der Waals surface area (Å²) in [5.74, 6) is 0.344. The van der Waals surface area contributed by atoms with Crippen LogP contribution in [-0.2, 0) is 16.1 Å². The SMILES string of the molecule is O=C1C[C@@H]2[C@H](CCN2Cc2ccccc2)N1CCN1CCOCC1. The maximum atomic E-state index is 12.5. The first-order chi connectivity index (χ1) is 11.8. The minimum atomic E-state index is 0.344. The van der Waals surface area contributed by atoms with Crippen LogP contribution < -0.4 is 0 Å². The Balaban J connectivity index is 1.34. The molecule has 0 saturated carbocycles. The van der Waals surface area contributed by atoms with Gasteiger partial charge in [0.05, 0.1) is 13.2 Å². The van der Waals surface area contributed by atoms with E-state index in [9.17, 15) is 4.79 Å². The van der Waals surface area contributed by atoms with E-state index in [1.807, 2.05) is 0 Å². The second kappa shape index (κ2) is 7.21. The van der Waals surface area contributed by atoms with Crippen LogP contribution in [-0.4, -0.2) is 78.6 Å². The van der Waals surface area contributed by atoms with Gasteiger partial charge in [-0.2, -0.15) is 0 Å². The molecule has 130 valence electrons. The van der Waals surface area contributed by atoms with E-state index in [1.54, 1.807) is 0 Å². The zero-order valence-electron chi connectivity index (χ0n) is 14.3. The van der Waals surface area contributed by atoms with Gasteiger partial charge in [-0.05, 0) is 12.0 Å². The van der Waals surface area contributed by atoms with Gasteiger partial charge in [-0.25, -0.2) is 0 Å². The predicted molar refractivity (Wildman–Crippen MR) is 92.6 cm³/mol. The van der Waals surface area contributed by atoms with Crippen molar-refractivity contribution >= 4 is 5.91 Å². The monoisotopic (exact) mass is 329 g/mol. The molecule has 0 bridgehead atoms. The number of benzene rings is 1. The van der Waals surface area contributed by atoms with Crippen LogP contribution in [0.3, 0.4) is 0 Å². The number of rotatable bonds is 5. The molecule has 1 aromatic rings. The number of carbonyl (C=O) groups excluding carboxylic acids is 1. The molecule has 5 heteroatoms. The van der Waals surface area contributed by atoms with Crippen LogP contribution in [0.5, 0.6) is 0 Å². The maximum absolute atomic E-state index is 12.5. The highest BCUT2D eigenvalue weighted by atomic mass is 16.5. The van der Waals surface area contributed by atoms with Crippen molar-refractivity contribution in [2.75, 3.05) is 45.9 Å². The van der Waals surface area contributed by atoms with E-state index >= 15 is 0 Å². The van der Waals surface area contributed by atoms with E-state index in [2.05, 4.69) is 45.0 Å². The number of likely N-dealkylation sites (tertiary alicyclic amines) is 2. The molecule has 2 atom stereocenters. The average molecular weight is 329 g/mol. The third-order valence-electron chi connectivity index (χ3n) is 5.72. The highest BCUT2D eigenvalue weighted by Crippen LogP contribution is 2.33. The van der Waals surface area contributed by atoms with Gasteiger partial charge < -0.3 is 9.64 Å². The molecule has 1 amide bonds. The normalized spacial score (nSPS) is 28.5. The number of fused-ring (bicyclic) bond motifs is 1. The Labute approximate surface area is 144 Å². The van der Waals surface area contributed by atoms with Crippen molar-refractivity contribution < 1.29 is 9.53 Å². The van der Waals surface area contributed by atoms with Gasteiger partial charge in [0.25, 0.3) is 0 Å². The van der Waals surface area contributed by atoms with Crippen molar-refractivity contribution in [3.8, 4) is 0 Å². The molecule has 5 nitrogen and oxygen atoms in total. The zero-order chi connectivity index (χ0) is 16.4. The van der Waals surface area contributed by atoms with Crippen LogP contribution >= 0.6 is 0 Å². The lowest BCUT2D eigenvalue weighted by molar-refractivity contribution is -0.129. The number of hydrogen-bond donors (Lipinski definition) is 0. The number of nitrogens with zero attached hydrogens (tertiary/aromatic N) is 3. The van der Waals surface area contributed by atoms with Gasteiger partial charge in [0.1, 0.15) is 0 Å². The molecule has 0 unspecified atom stereocenters. The summed E-state index contributed by atoms with van der Waals surface area (Å²) in [7, 11) is 0. The van der Waals surface area contributed by atoms with Crippen molar-refractivity contribution in [3.05, 3.63) is 35.9 Å². The predicted octanol–water partition coefficient (Wildman–Crippen LogP) is 1.19. The van der Waals surface area contributed by atoms with Crippen molar-refractivity contribution in [2.24, 2.45) is 0 Å². The Kier molecular flexibility index (Phi) is 4.83. The van der Waals surface area contributed by atoms with Gasteiger partial charge in [-0.15, -0.1) is 0 Å². The molecule has 0 aliphatic carbocycles. The van der Waals surface area contributed by atoms with Crippen molar-refractivity contribution in [1.82, 2.24) is 14.7 Å². The van der Waals surface area contributed by atoms with Crippen molar-refractivity contribution in [1.29, 1.82) is 0 Å². The molecule has 0 radical (unpaired) electrons. The average Bonchev–Trinajstić information content (AvgIpc) is 3.14. The van der Waals surface area contributed by atoms with E-state index in [0.29, 0.717) is 24.4 Å². The lowest BCUT2D eigenvalue weighted by Gasteiger charge is -2.30. The fourth-order valence-electron chi connectivity index (χ4n) is 4.39. The minimum Gasteiger partial charge on any atom is -0.379 e. The Bertz CT molecular complexity index is 559. The maximum Gasteiger partial charge on any atom is 0.224 e. The van der Waals surface area contributed by atoms with Crippen LogP contribution in [0.2, 0.25) is 0 Å². The second-order valence-electron chi connectivity index (χ2n) is 7.12. The molecule has 4 rings (SSSR count). The topological polar surface area (TPSA) is 36.0 Å². The smallest absolute Gasteiger partial charge is 0.224 e. The van der Waals surface area contributed by atoms with Crippen LogP contribution in [0, 0.1) is 0 Å². The fraction of sp³-hybridized carbons (Fsp3) is 0.632. The van der Waals surface area contributed by atoms with Gasteiger partial charge >= 0.3 is 0 Å². The first kappa shape index (κ1) is 16.1. The van der Waals surface area contributed by atoms with E-state index in [1.165, 1.54) is 5.56 Å². The quantitative estimate of drug-likeness (QED) is 0.813. The molecule has 1 aromatic carbocycles. The van der Waals surface area contributed by atoms with E-state index in [4.69, 9.17) is 4.74 Å². The molecule has 0 N–H and O–H groups in total. The Morgan fingerprint density at radius 1 is 1.00 bits per heavy atom. The molecule has 3 heterocycles. The van der Waals surface area contributed by atoms with E-state index < -0.39 is 0 Å². The summed E-state index contributed by atoms with van der Waals surface area (Å²) in [4.78, 5) is 19.6. The molecule has 24 heavy (non-hydrogen) atoms. The van der Waals surface area contributed by atoms with E-state index in [0.717, 1.165) is 58.9 Å². The van der Waals surface area contributed by atoms with Crippen LogP contribution in [0.15, 0.2) is 30.3 Å². The third kappa shape index (κ3) is 3.34. The molecule has 3 saturated heterocycles. The van der Waals surface area contributed by atoms with Gasteiger partial charge in [-0.3, -0.25) is 14.6 Å². The summed E-state index contributed by atoms with van der Waals surface area (Å²) < 4.78 is 5.40. The number of carbonyl (C=O) groups is 1. The molecule has 0 spiro atoms. The van der Waals surface area contributed by atoms with Gasteiger partial charge in [0.15, 0.2) is 0 Å². The second-order valence-corrected chi connectivity index (χ2v) is 7.12. The van der Waals surface area contributed by atoms with Gasteiger partial charge in [0, 0.05) is 57.8 Å². The number of ether oxygens (including phenoxy) is 1. The van der Waals surface area contributed by atoms with Crippen molar-refractivity contribution in [2.45, 2.75) is 31.5 Å². The lowest BCUT2D eigenvalue weighted by atomic mass is 10.1. The summed E-state index contributed by atoms with van der Waals surface area (Å²) in [6, 6.07) is 11.4. The van der Waals surface area contributed by atoms with Gasteiger partial charge in [0.2, 0.25) is 5.91 Å². The van der Waals surface area contributed by atoms with Crippen LogP contribution in [0.4, 0.5) is 0 Å². The highest BCUT2D eigenvalue weighted by Gasteiger charge is 2.46. The molecule has 0 aromatic heterocycles. The third-order valence-corrected chi connectivity index (χ3v) is 5.72. The van der Waals surface area contributed by atoms with E-state index in [-0.39, 0.29) is 0 Å². The molecule has 3 aliphatic heterocycles. The van der Waals surface area contributed by atoms with Gasteiger partial charge in [-0.1, -0.05) is 30.3 Å². The summed E-state index contributed by atoms with van der Waals surface area (Å²) in [5.41, 5.74) is 1.34. The standard InChI is InChI=1S/C19H27N3O2/c23-19-14-18-17(22(19)9-8-20-10-12-24-13-11-20)6-7-21(18)15-16-4-2-1-3-5-16/h1-5,17-18H,6-15H2/t17-,18+/m0/s1. The summed E-state index contributed by atoms with van der Waals surface area (Å²) in [6.07, 6.45) is 1.81. The first-order valence-electron chi connectivity index (χ1n) is 9.19. The Hall–Kier alpha value is -1.43. The van der Waals surface area contributed by atoms with Crippen LogP contribution in [0.1, 0.15) is 18.4 Å². The number of amides is 1. The summed E-state index contributed by atoms with van der Waals surface area (Å²) >= 11 is 0. The number of morpholine rings is 1. The number of hydrogen-bond acceptors (Lipinski definition) is 4. The minimum absolute atomic E-state index is 0.344. The Morgan fingerprint density at radius 3 is 2.58 bits per heavy atom. The first-order valence-corrected chi connectivity index (χ1v) is 9.19. The molecule has 3 aliphatic rings. The fourth-order valence-corrected chi connectivity index (χ4v) is 4.39. The Morgan fingerprint density at radius 2 is 1.79 bits per heavy atom. The summed E-state index contributed by atoms with van der Waals surface area (Å²) in [6.45, 7) is 7.57. The highest BCUT2D eigenvalue weighted by molar-refractivity contribution is 5.80. The largest absolute Gasteiger partial charge is 0.379 e. The van der Waals surface area contributed by atoms with Crippen molar-refractivity contribution in [3.63, 3.8) is 0 Å².